The van der Waals surface area contributed by atoms with Crippen molar-refractivity contribution >= 4 is 39.9 Å². The highest BCUT2D eigenvalue weighted by Crippen LogP contribution is 2.37. The second kappa shape index (κ2) is 9.35. The largest absolute Gasteiger partial charge is 0.368 e. The van der Waals surface area contributed by atoms with E-state index in [1.165, 1.54) is 31.5 Å². The Kier molecular flexibility index (Phi) is 6.75. The van der Waals surface area contributed by atoms with Gasteiger partial charge in [-0.2, -0.15) is 5.10 Å². The third-order valence-corrected chi connectivity index (χ3v) is 6.86. The second-order valence-electron chi connectivity index (χ2n) is 8.65. The molecular formula is C24H31Cl2N5. The van der Waals surface area contributed by atoms with E-state index in [1.807, 2.05) is 23.9 Å². The summed E-state index contributed by atoms with van der Waals surface area (Å²) in [6.07, 6.45) is 4.86. The minimum Gasteiger partial charge on any atom is -0.368 e. The first-order valence-corrected chi connectivity index (χ1v) is 11.9. The molecule has 5 nitrogen and oxygen atoms in total. The normalized spacial score (nSPS) is 17.0. The van der Waals surface area contributed by atoms with Crippen LogP contribution in [0.4, 0.5) is 5.69 Å². The lowest BCUT2D eigenvalue weighted by Gasteiger charge is -2.31. The molecule has 1 aromatic carbocycles. The van der Waals surface area contributed by atoms with Gasteiger partial charge in [-0.15, -0.1) is 0 Å². The average Bonchev–Trinajstić information content (AvgIpc) is 3.27. The molecule has 0 saturated carbocycles. The molecule has 3 heterocycles. The van der Waals surface area contributed by atoms with Gasteiger partial charge in [0.1, 0.15) is 16.7 Å². The van der Waals surface area contributed by atoms with Crippen LogP contribution in [0.15, 0.2) is 24.3 Å². The molecule has 0 radical (unpaired) electrons. The van der Waals surface area contributed by atoms with Gasteiger partial charge in [0.05, 0.1) is 10.7 Å². The monoisotopic (exact) mass is 459 g/mol. The SMILES string of the molecule is CCCCN(CC1CCCN1C)c1cc(C)nc2c(-c3ccc(Cl)cc3Cl)nn(C)c12. The molecule has 166 valence electrons. The van der Waals surface area contributed by atoms with Crippen LogP contribution in [-0.4, -0.2) is 52.4 Å². The third kappa shape index (κ3) is 4.55. The van der Waals surface area contributed by atoms with E-state index in [9.17, 15) is 0 Å². The fraction of sp³-hybridized carbons (Fsp3) is 0.500. The Morgan fingerprint density at radius 1 is 1.19 bits per heavy atom. The lowest BCUT2D eigenvalue weighted by Crippen LogP contribution is -2.39. The molecule has 7 heteroatoms. The maximum atomic E-state index is 6.54. The van der Waals surface area contributed by atoms with Gasteiger partial charge in [0.15, 0.2) is 0 Å². The molecule has 2 aromatic heterocycles. The minimum absolute atomic E-state index is 0.582. The summed E-state index contributed by atoms with van der Waals surface area (Å²) in [5.41, 5.74) is 5.81. The van der Waals surface area contributed by atoms with Crippen LogP contribution >= 0.6 is 23.2 Å². The number of likely N-dealkylation sites (tertiary alicyclic amines) is 1. The number of fused-ring (bicyclic) bond motifs is 1. The Morgan fingerprint density at radius 3 is 2.68 bits per heavy atom. The summed E-state index contributed by atoms with van der Waals surface area (Å²) in [5, 5.41) is 6.06. The number of unbranched alkanes of at least 4 members (excludes halogenated alkanes) is 1. The quantitative estimate of drug-likeness (QED) is 0.437. The van der Waals surface area contributed by atoms with Crippen molar-refractivity contribution in [1.29, 1.82) is 0 Å². The van der Waals surface area contributed by atoms with Gasteiger partial charge in [0.2, 0.25) is 0 Å². The first kappa shape index (κ1) is 22.4. The van der Waals surface area contributed by atoms with Gasteiger partial charge in [-0.3, -0.25) is 4.68 Å². The van der Waals surface area contributed by atoms with E-state index in [2.05, 4.69) is 36.8 Å². The molecule has 0 bridgehead atoms. The van der Waals surface area contributed by atoms with E-state index >= 15 is 0 Å². The van der Waals surface area contributed by atoms with Gasteiger partial charge in [-0.05, 0) is 64.0 Å². The van der Waals surface area contributed by atoms with Crippen LogP contribution in [0, 0.1) is 6.92 Å². The Bertz CT molecular complexity index is 1080. The van der Waals surface area contributed by atoms with Gasteiger partial charge < -0.3 is 9.80 Å². The highest BCUT2D eigenvalue weighted by molar-refractivity contribution is 6.36. The number of likely N-dealkylation sites (N-methyl/N-ethyl adjacent to an activating group) is 1. The summed E-state index contributed by atoms with van der Waals surface area (Å²) in [6.45, 7) is 7.54. The van der Waals surface area contributed by atoms with Crippen LogP contribution < -0.4 is 4.90 Å². The molecule has 1 fully saturated rings. The molecular weight excluding hydrogens is 429 g/mol. The molecule has 1 aliphatic rings. The summed E-state index contributed by atoms with van der Waals surface area (Å²) in [4.78, 5) is 9.93. The number of halogens is 2. The zero-order valence-corrected chi connectivity index (χ0v) is 20.3. The lowest BCUT2D eigenvalue weighted by atomic mass is 10.1. The van der Waals surface area contributed by atoms with E-state index < -0.39 is 0 Å². The van der Waals surface area contributed by atoms with Crippen molar-refractivity contribution < 1.29 is 0 Å². The summed E-state index contributed by atoms with van der Waals surface area (Å²) in [5.74, 6) is 0. The van der Waals surface area contributed by atoms with Crippen molar-refractivity contribution in [2.75, 3.05) is 31.6 Å². The summed E-state index contributed by atoms with van der Waals surface area (Å²) >= 11 is 12.7. The Morgan fingerprint density at radius 2 is 2.00 bits per heavy atom. The van der Waals surface area contributed by atoms with Gasteiger partial charge in [-0.1, -0.05) is 36.5 Å². The van der Waals surface area contributed by atoms with Gasteiger partial charge >= 0.3 is 0 Å². The van der Waals surface area contributed by atoms with Crippen LogP contribution in [0.5, 0.6) is 0 Å². The first-order chi connectivity index (χ1) is 14.9. The van der Waals surface area contributed by atoms with Gasteiger partial charge in [0, 0.05) is 42.5 Å². The number of hydrogen-bond acceptors (Lipinski definition) is 4. The number of pyridine rings is 1. The third-order valence-electron chi connectivity index (χ3n) is 6.31. The number of rotatable bonds is 7. The number of anilines is 1. The van der Waals surface area contributed by atoms with E-state index in [0.29, 0.717) is 16.1 Å². The molecule has 0 aliphatic carbocycles. The van der Waals surface area contributed by atoms with Crippen molar-refractivity contribution in [3.63, 3.8) is 0 Å². The molecule has 0 amide bonds. The predicted octanol–water partition coefficient (Wildman–Crippen LogP) is 5.95. The van der Waals surface area contributed by atoms with E-state index in [0.717, 1.165) is 47.5 Å². The van der Waals surface area contributed by atoms with E-state index in [4.69, 9.17) is 33.3 Å². The fourth-order valence-electron chi connectivity index (χ4n) is 4.61. The smallest absolute Gasteiger partial charge is 0.120 e. The number of nitrogens with zero attached hydrogens (tertiary/aromatic N) is 5. The lowest BCUT2D eigenvalue weighted by molar-refractivity contribution is 0.311. The van der Waals surface area contributed by atoms with E-state index in [1.54, 1.807) is 6.07 Å². The molecule has 1 aliphatic heterocycles. The first-order valence-electron chi connectivity index (χ1n) is 11.1. The topological polar surface area (TPSA) is 37.2 Å². The minimum atomic E-state index is 0.582. The van der Waals surface area contributed by atoms with Crippen molar-refractivity contribution in [3.05, 3.63) is 40.0 Å². The van der Waals surface area contributed by atoms with E-state index in [-0.39, 0.29) is 0 Å². The Hall–Kier alpha value is -1.82. The maximum Gasteiger partial charge on any atom is 0.120 e. The number of benzene rings is 1. The molecule has 0 N–H and O–H groups in total. The number of hydrogen-bond donors (Lipinski definition) is 0. The van der Waals surface area contributed by atoms with Crippen molar-refractivity contribution in [1.82, 2.24) is 19.7 Å². The van der Waals surface area contributed by atoms with Crippen molar-refractivity contribution in [2.24, 2.45) is 7.05 Å². The van der Waals surface area contributed by atoms with Gasteiger partial charge in [-0.25, -0.2) is 4.98 Å². The summed E-state index contributed by atoms with van der Waals surface area (Å²) < 4.78 is 1.95. The van der Waals surface area contributed by atoms with Crippen LogP contribution in [0.3, 0.4) is 0 Å². The number of aromatic nitrogens is 3. The zero-order valence-electron chi connectivity index (χ0n) is 18.8. The van der Waals surface area contributed by atoms with Crippen LogP contribution in [0.1, 0.15) is 38.3 Å². The molecule has 1 atom stereocenters. The molecule has 3 aromatic rings. The summed E-state index contributed by atoms with van der Waals surface area (Å²) in [7, 11) is 4.24. The Labute approximate surface area is 194 Å². The van der Waals surface area contributed by atoms with Crippen LogP contribution in [0.2, 0.25) is 10.0 Å². The van der Waals surface area contributed by atoms with Gasteiger partial charge in [0.25, 0.3) is 0 Å². The molecule has 4 rings (SSSR count). The van der Waals surface area contributed by atoms with Crippen molar-refractivity contribution in [3.8, 4) is 11.3 Å². The zero-order chi connectivity index (χ0) is 22.1. The van der Waals surface area contributed by atoms with Crippen LogP contribution in [0.25, 0.3) is 22.3 Å². The highest BCUT2D eigenvalue weighted by Gasteiger charge is 2.26. The predicted molar refractivity (Wildman–Crippen MR) is 131 cm³/mol. The highest BCUT2D eigenvalue weighted by atomic mass is 35.5. The molecule has 1 saturated heterocycles. The summed E-state index contributed by atoms with van der Waals surface area (Å²) in [6, 6.07) is 8.34. The standard InChI is InChI=1S/C24H31Cl2N5/c1-5-6-12-31(15-18-8-7-11-29(18)3)21-13-16(2)27-23-22(28-30(4)24(21)23)19-10-9-17(25)14-20(19)26/h9-10,13-14,18H,5-8,11-12,15H2,1-4H3. The second-order valence-corrected chi connectivity index (χ2v) is 9.50. The molecule has 1 unspecified atom stereocenters. The average molecular weight is 460 g/mol. The maximum absolute atomic E-state index is 6.54. The van der Waals surface area contributed by atoms with Crippen molar-refractivity contribution in [2.45, 2.75) is 45.6 Å². The molecule has 0 spiro atoms. The molecule has 31 heavy (non-hydrogen) atoms. The Balaban J connectivity index is 1.83. The number of aryl methyl sites for hydroxylation is 2. The fourth-order valence-corrected chi connectivity index (χ4v) is 5.11. The van der Waals surface area contributed by atoms with Crippen LogP contribution in [-0.2, 0) is 7.05 Å².